The maximum Gasteiger partial charge on any atom is 0.236 e. The van der Waals surface area contributed by atoms with Crippen LogP contribution < -0.4 is 5.32 Å². The van der Waals surface area contributed by atoms with E-state index in [9.17, 15) is 4.79 Å². The number of hydrogen-bond acceptors (Lipinski definition) is 3. The summed E-state index contributed by atoms with van der Waals surface area (Å²) < 4.78 is 5.58. The minimum atomic E-state index is 0.214. The lowest BCUT2D eigenvalue weighted by Crippen LogP contribution is -2.41. The van der Waals surface area contributed by atoms with Crippen molar-refractivity contribution in [3.8, 4) is 0 Å². The van der Waals surface area contributed by atoms with Gasteiger partial charge in [-0.25, -0.2) is 0 Å². The smallest absolute Gasteiger partial charge is 0.236 e. The van der Waals surface area contributed by atoms with Crippen molar-refractivity contribution in [1.29, 1.82) is 0 Å². The highest BCUT2D eigenvalue weighted by molar-refractivity contribution is 5.79. The predicted octanol–water partition coefficient (Wildman–Crippen LogP) is 2.47. The van der Waals surface area contributed by atoms with E-state index >= 15 is 0 Å². The lowest BCUT2D eigenvalue weighted by molar-refractivity contribution is -0.130. The Balaban J connectivity index is 1.51. The second kappa shape index (κ2) is 7.45. The number of nitrogens with one attached hydrogen (secondary N) is 1. The Hall–Kier alpha value is -1.39. The first-order valence-corrected chi connectivity index (χ1v) is 8.82. The fourth-order valence-corrected chi connectivity index (χ4v) is 3.90. The topological polar surface area (TPSA) is 41.6 Å². The molecule has 1 amide bonds. The van der Waals surface area contributed by atoms with Crippen LogP contribution in [0.5, 0.6) is 0 Å². The largest absolute Gasteiger partial charge is 0.377 e. The van der Waals surface area contributed by atoms with Gasteiger partial charge < -0.3 is 15.0 Å². The maximum atomic E-state index is 12.5. The van der Waals surface area contributed by atoms with E-state index < -0.39 is 0 Å². The molecule has 0 aromatic heterocycles. The van der Waals surface area contributed by atoms with Crippen molar-refractivity contribution in [2.24, 2.45) is 0 Å². The third kappa shape index (κ3) is 3.93. The normalized spacial score (nSPS) is 27.6. The van der Waals surface area contributed by atoms with Gasteiger partial charge in [-0.3, -0.25) is 4.79 Å². The van der Waals surface area contributed by atoms with Gasteiger partial charge >= 0.3 is 0 Å². The van der Waals surface area contributed by atoms with Gasteiger partial charge in [0.25, 0.3) is 0 Å². The second-order valence-electron chi connectivity index (χ2n) is 6.95. The van der Waals surface area contributed by atoms with E-state index in [1.807, 2.05) is 4.90 Å². The number of nitrogens with zero attached hydrogens (tertiary/aromatic N) is 1. The summed E-state index contributed by atoms with van der Waals surface area (Å²) in [7, 11) is 0. The summed E-state index contributed by atoms with van der Waals surface area (Å²) in [6.07, 6.45) is 3.60. The quantitative estimate of drug-likeness (QED) is 0.907. The number of carbonyl (C=O) groups is 1. The molecule has 1 aromatic rings. The molecule has 2 aliphatic rings. The third-order valence-corrected chi connectivity index (χ3v) is 5.20. The van der Waals surface area contributed by atoms with Crippen molar-refractivity contribution in [2.75, 3.05) is 26.2 Å². The first-order chi connectivity index (χ1) is 11.1. The Kier molecular flexibility index (Phi) is 5.34. The standard InChI is InChI=1S/C19H28N2O2/c1-14-6-3-4-8-18(14)16-10-15(2)21(13-16)19(22)12-20-11-17-7-5-9-23-17/h3-4,6,8,15-17,20H,5,7,9-13H2,1-2H3/t15-,16-,17-/m1/s1. The summed E-state index contributed by atoms with van der Waals surface area (Å²) in [4.78, 5) is 14.6. The van der Waals surface area contributed by atoms with Crippen molar-refractivity contribution in [3.63, 3.8) is 0 Å². The van der Waals surface area contributed by atoms with Gasteiger partial charge in [-0.1, -0.05) is 24.3 Å². The van der Waals surface area contributed by atoms with E-state index in [0.717, 1.165) is 39.0 Å². The van der Waals surface area contributed by atoms with Gasteiger partial charge in [-0.15, -0.1) is 0 Å². The number of benzene rings is 1. The summed E-state index contributed by atoms with van der Waals surface area (Å²) in [6, 6.07) is 8.86. The summed E-state index contributed by atoms with van der Waals surface area (Å²) >= 11 is 0. The predicted molar refractivity (Wildman–Crippen MR) is 91.6 cm³/mol. The molecule has 0 bridgehead atoms. The number of amides is 1. The molecule has 1 aromatic carbocycles. The average Bonchev–Trinajstić information content (AvgIpc) is 3.17. The molecule has 3 rings (SSSR count). The van der Waals surface area contributed by atoms with E-state index in [0.29, 0.717) is 24.6 Å². The molecule has 23 heavy (non-hydrogen) atoms. The van der Waals surface area contributed by atoms with Crippen LogP contribution in [0, 0.1) is 6.92 Å². The van der Waals surface area contributed by atoms with Crippen molar-refractivity contribution in [2.45, 2.75) is 51.2 Å². The first kappa shape index (κ1) is 16.5. The van der Waals surface area contributed by atoms with E-state index in [1.54, 1.807) is 0 Å². The molecule has 4 nitrogen and oxygen atoms in total. The molecular formula is C19H28N2O2. The van der Waals surface area contributed by atoms with E-state index in [2.05, 4.69) is 43.4 Å². The number of rotatable bonds is 5. The fourth-order valence-electron chi connectivity index (χ4n) is 3.90. The van der Waals surface area contributed by atoms with Crippen LogP contribution >= 0.6 is 0 Å². The highest BCUT2D eigenvalue weighted by Crippen LogP contribution is 2.33. The molecule has 0 spiro atoms. The van der Waals surface area contributed by atoms with Crippen LogP contribution in [-0.4, -0.2) is 49.2 Å². The number of hydrogen-bond donors (Lipinski definition) is 1. The third-order valence-electron chi connectivity index (χ3n) is 5.20. The molecule has 2 aliphatic heterocycles. The van der Waals surface area contributed by atoms with Crippen molar-refractivity contribution >= 4 is 5.91 Å². The van der Waals surface area contributed by atoms with Crippen LogP contribution in [0.15, 0.2) is 24.3 Å². The number of ether oxygens (including phenoxy) is 1. The van der Waals surface area contributed by atoms with Gasteiger partial charge in [0.05, 0.1) is 12.6 Å². The molecule has 1 N–H and O–H groups in total. The van der Waals surface area contributed by atoms with E-state index in [1.165, 1.54) is 11.1 Å². The molecule has 2 heterocycles. The number of aryl methyl sites for hydroxylation is 1. The van der Waals surface area contributed by atoms with Crippen LogP contribution in [-0.2, 0) is 9.53 Å². The van der Waals surface area contributed by atoms with Gasteiger partial charge in [0, 0.05) is 31.7 Å². The van der Waals surface area contributed by atoms with Crippen LogP contribution in [0.2, 0.25) is 0 Å². The van der Waals surface area contributed by atoms with Gasteiger partial charge in [0.1, 0.15) is 0 Å². The molecular weight excluding hydrogens is 288 g/mol. The van der Waals surface area contributed by atoms with Gasteiger partial charge in [0.2, 0.25) is 5.91 Å². The summed E-state index contributed by atoms with van der Waals surface area (Å²) in [5.74, 6) is 0.680. The lowest BCUT2D eigenvalue weighted by atomic mass is 9.93. The van der Waals surface area contributed by atoms with Crippen LogP contribution in [0.4, 0.5) is 0 Å². The number of carbonyl (C=O) groups excluding carboxylic acids is 1. The Bertz CT molecular complexity index is 540. The first-order valence-electron chi connectivity index (χ1n) is 8.82. The van der Waals surface area contributed by atoms with Crippen molar-refractivity contribution < 1.29 is 9.53 Å². The van der Waals surface area contributed by atoms with E-state index in [-0.39, 0.29) is 5.91 Å². The molecule has 0 aliphatic carbocycles. The zero-order valence-electron chi connectivity index (χ0n) is 14.3. The Morgan fingerprint density at radius 1 is 1.39 bits per heavy atom. The monoisotopic (exact) mass is 316 g/mol. The van der Waals surface area contributed by atoms with Crippen LogP contribution in [0.1, 0.15) is 43.2 Å². The number of likely N-dealkylation sites (tertiary alicyclic amines) is 1. The molecule has 4 heteroatoms. The minimum Gasteiger partial charge on any atom is -0.377 e. The highest BCUT2D eigenvalue weighted by Gasteiger charge is 2.33. The molecule has 0 unspecified atom stereocenters. The van der Waals surface area contributed by atoms with Gasteiger partial charge in [-0.05, 0) is 44.2 Å². The zero-order valence-corrected chi connectivity index (χ0v) is 14.3. The lowest BCUT2D eigenvalue weighted by Gasteiger charge is -2.22. The Morgan fingerprint density at radius 3 is 2.96 bits per heavy atom. The highest BCUT2D eigenvalue weighted by atomic mass is 16.5. The van der Waals surface area contributed by atoms with Crippen molar-refractivity contribution in [3.05, 3.63) is 35.4 Å². The molecule has 3 atom stereocenters. The summed E-state index contributed by atoms with van der Waals surface area (Å²) in [6.45, 7) is 7.23. The fraction of sp³-hybridized carbons (Fsp3) is 0.632. The molecule has 0 radical (unpaired) electrons. The Morgan fingerprint density at radius 2 is 2.22 bits per heavy atom. The molecule has 0 saturated carbocycles. The zero-order chi connectivity index (χ0) is 16.2. The van der Waals surface area contributed by atoms with Crippen LogP contribution in [0.25, 0.3) is 0 Å². The molecule has 2 saturated heterocycles. The second-order valence-corrected chi connectivity index (χ2v) is 6.95. The molecule has 2 fully saturated rings. The van der Waals surface area contributed by atoms with Crippen LogP contribution in [0.3, 0.4) is 0 Å². The summed E-state index contributed by atoms with van der Waals surface area (Å²) in [5, 5.41) is 3.27. The Labute approximate surface area is 139 Å². The van der Waals surface area contributed by atoms with Gasteiger partial charge in [0.15, 0.2) is 0 Å². The average molecular weight is 316 g/mol. The molecule has 126 valence electrons. The minimum absolute atomic E-state index is 0.214. The van der Waals surface area contributed by atoms with E-state index in [4.69, 9.17) is 4.74 Å². The van der Waals surface area contributed by atoms with Gasteiger partial charge in [-0.2, -0.15) is 0 Å². The maximum absolute atomic E-state index is 12.5. The SMILES string of the molecule is Cc1ccccc1[C@@H]1C[C@@H](C)N(C(=O)CNC[C@H]2CCCO2)C1. The summed E-state index contributed by atoms with van der Waals surface area (Å²) in [5.41, 5.74) is 2.72. The van der Waals surface area contributed by atoms with Crippen molar-refractivity contribution in [1.82, 2.24) is 10.2 Å².